The zero-order valence-corrected chi connectivity index (χ0v) is 19.8. The molecular formula is C21H25BrN6O2S. The first-order valence-electron chi connectivity index (χ1n) is 10.0. The van der Waals surface area contributed by atoms with Crippen molar-refractivity contribution in [2.45, 2.75) is 42.5 Å². The zero-order chi connectivity index (χ0) is 22.1. The number of nitrogens with zero attached hydrogens (tertiary/aromatic N) is 4. The van der Waals surface area contributed by atoms with Crippen LogP contribution in [0.5, 0.6) is 0 Å². The lowest BCUT2D eigenvalue weighted by Crippen LogP contribution is -2.36. The topological polar surface area (TPSA) is 102 Å². The average molecular weight is 505 g/mol. The fourth-order valence-corrected chi connectivity index (χ4v) is 4.77. The van der Waals surface area contributed by atoms with Crippen molar-refractivity contribution >= 4 is 31.8 Å². The number of anilines is 1. The van der Waals surface area contributed by atoms with E-state index >= 15 is 0 Å². The third-order valence-electron chi connectivity index (χ3n) is 5.71. The van der Waals surface area contributed by atoms with Gasteiger partial charge in [-0.25, -0.2) is 22.8 Å². The lowest BCUT2D eigenvalue weighted by atomic mass is 9.85. The van der Waals surface area contributed by atoms with Crippen molar-refractivity contribution in [2.75, 3.05) is 18.4 Å². The van der Waals surface area contributed by atoms with Gasteiger partial charge in [-0.15, -0.1) is 5.10 Å². The van der Waals surface area contributed by atoms with Crippen molar-refractivity contribution in [3.63, 3.8) is 0 Å². The second-order valence-electron chi connectivity index (χ2n) is 8.52. The second kappa shape index (κ2) is 8.33. The monoisotopic (exact) mass is 504 g/mol. The number of pyridine rings is 1. The molecule has 0 saturated heterocycles. The van der Waals surface area contributed by atoms with Crippen LogP contribution in [0.2, 0.25) is 0 Å². The standard InChI is InChI=1S/C21H25BrN6O2S/c1-20(2,16-3-5-17(22)6-4-16)14-26-31(29,30)18-7-8-19(23-13-18)24-15-21(9-10-21)28-12-11-25-27-28/h3-8,11-13,26H,9-10,14-15H2,1-2H3,(H,23,24). The van der Waals surface area contributed by atoms with E-state index in [9.17, 15) is 8.42 Å². The number of nitrogens with one attached hydrogen (secondary N) is 2. The number of benzene rings is 1. The minimum atomic E-state index is -3.66. The molecule has 10 heteroatoms. The van der Waals surface area contributed by atoms with Crippen LogP contribution in [0.1, 0.15) is 32.3 Å². The Kier molecular flexibility index (Phi) is 5.89. The SMILES string of the molecule is CC(C)(CNS(=O)(=O)c1ccc(NCC2(n3ccnn3)CC2)nc1)c1ccc(Br)cc1. The molecule has 1 fully saturated rings. The molecule has 0 unspecified atom stereocenters. The predicted octanol–water partition coefficient (Wildman–Crippen LogP) is 3.29. The molecule has 31 heavy (non-hydrogen) atoms. The highest BCUT2D eigenvalue weighted by Gasteiger charge is 2.45. The molecule has 8 nitrogen and oxygen atoms in total. The molecule has 164 valence electrons. The first-order valence-corrected chi connectivity index (χ1v) is 12.3. The molecule has 0 amide bonds. The van der Waals surface area contributed by atoms with Crippen LogP contribution in [0.4, 0.5) is 5.82 Å². The van der Waals surface area contributed by atoms with Gasteiger partial charge in [0, 0.05) is 35.4 Å². The van der Waals surface area contributed by atoms with E-state index in [1.165, 1.54) is 6.20 Å². The van der Waals surface area contributed by atoms with Crippen molar-refractivity contribution in [1.29, 1.82) is 0 Å². The zero-order valence-electron chi connectivity index (χ0n) is 17.4. The Balaban J connectivity index is 1.37. The Morgan fingerprint density at radius 2 is 1.90 bits per heavy atom. The van der Waals surface area contributed by atoms with Crippen molar-refractivity contribution in [3.05, 3.63) is 65.0 Å². The first-order chi connectivity index (χ1) is 14.7. The van der Waals surface area contributed by atoms with Gasteiger partial charge >= 0.3 is 0 Å². The minimum absolute atomic E-state index is 0.0664. The Morgan fingerprint density at radius 1 is 1.16 bits per heavy atom. The molecular weight excluding hydrogens is 480 g/mol. The van der Waals surface area contributed by atoms with Gasteiger partial charge in [0.05, 0.1) is 11.7 Å². The summed E-state index contributed by atoms with van der Waals surface area (Å²) in [7, 11) is -3.66. The molecule has 0 radical (unpaired) electrons. The molecule has 4 rings (SSSR count). The van der Waals surface area contributed by atoms with E-state index < -0.39 is 10.0 Å². The van der Waals surface area contributed by atoms with Crippen LogP contribution < -0.4 is 10.0 Å². The lowest BCUT2D eigenvalue weighted by Gasteiger charge is -2.25. The minimum Gasteiger partial charge on any atom is -0.368 e. The van der Waals surface area contributed by atoms with Gasteiger partial charge in [0.1, 0.15) is 10.7 Å². The van der Waals surface area contributed by atoms with Gasteiger partial charge in [0.2, 0.25) is 10.0 Å². The number of rotatable bonds is 9. The van der Waals surface area contributed by atoms with Gasteiger partial charge < -0.3 is 5.32 Å². The van der Waals surface area contributed by atoms with E-state index in [1.54, 1.807) is 18.3 Å². The van der Waals surface area contributed by atoms with Crippen LogP contribution in [-0.2, 0) is 21.0 Å². The number of aromatic nitrogens is 4. The van der Waals surface area contributed by atoms with E-state index in [4.69, 9.17) is 0 Å². The molecule has 2 heterocycles. The number of sulfonamides is 1. The number of hydrogen-bond acceptors (Lipinski definition) is 6. The van der Waals surface area contributed by atoms with Crippen molar-refractivity contribution < 1.29 is 8.42 Å². The van der Waals surface area contributed by atoms with Gasteiger partial charge in [-0.2, -0.15) is 0 Å². The van der Waals surface area contributed by atoms with E-state index in [2.05, 4.69) is 41.3 Å². The fraction of sp³-hybridized carbons (Fsp3) is 0.381. The third kappa shape index (κ3) is 4.97. The van der Waals surface area contributed by atoms with E-state index in [0.29, 0.717) is 12.4 Å². The van der Waals surface area contributed by atoms with Crippen molar-refractivity contribution in [2.24, 2.45) is 0 Å². The molecule has 3 aromatic rings. The maximum absolute atomic E-state index is 12.8. The number of hydrogen-bond donors (Lipinski definition) is 2. The Bertz CT molecular complexity index is 1130. The molecule has 0 aliphatic heterocycles. The Labute approximate surface area is 190 Å². The van der Waals surface area contributed by atoms with E-state index in [0.717, 1.165) is 22.9 Å². The molecule has 2 aromatic heterocycles. The van der Waals surface area contributed by atoms with Gasteiger partial charge in [-0.05, 0) is 42.7 Å². The van der Waals surface area contributed by atoms with Crippen LogP contribution in [0.15, 0.2) is 64.4 Å². The molecule has 1 aliphatic rings. The van der Waals surface area contributed by atoms with Gasteiger partial charge in [-0.3, -0.25) is 0 Å². The maximum Gasteiger partial charge on any atom is 0.242 e. The summed E-state index contributed by atoms with van der Waals surface area (Å²) < 4.78 is 31.1. The molecule has 0 atom stereocenters. The highest BCUT2D eigenvalue weighted by molar-refractivity contribution is 9.10. The largest absolute Gasteiger partial charge is 0.368 e. The normalized spacial score (nSPS) is 15.6. The Morgan fingerprint density at radius 3 is 2.48 bits per heavy atom. The molecule has 0 bridgehead atoms. The molecule has 1 aromatic carbocycles. The molecule has 1 aliphatic carbocycles. The Hall–Kier alpha value is -2.30. The van der Waals surface area contributed by atoms with Crippen LogP contribution in [0.3, 0.4) is 0 Å². The molecule has 2 N–H and O–H groups in total. The average Bonchev–Trinajstić information content (AvgIpc) is 3.33. The summed E-state index contributed by atoms with van der Waals surface area (Å²) >= 11 is 3.42. The summed E-state index contributed by atoms with van der Waals surface area (Å²) in [4.78, 5) is 4.43. The van der Waals surface area contributed by atoms with Crippen LogP contribution in [0.25, 0.3) is 0 Å². The summed E-state index contributed by atoms with van der Waals surface area (Å²) in [6.45, 7) is 4.95. The predicted molar refractivity (Wildman–Crippen MR) is 122 cm³/mol. The summed E-state index contributed by atoms with van der Waals surface area (Å²) in [5.74, 6) is 0.625. The summed E-state index contributed by atoms with van der Waals surface area (Å²) in [6, 6.07) is 11.1. The van der Waals surface area contributed by atoms with Gasteiger partial charge in [-0.1, -0.05) is 47.1 Å². The molecule has 1 saturated carbocycles. The van der Waals surface area contributed by atoms with Crippen LogP contribution in [0, 0.1) is 0 Å². The highest BCUT2D eigenvalue weighted by atomic mass is 79.9. The summed E-state index contributed by atoms with van der Waals surface area (Å²) in [5.41, 5.74) is 0.628. The highest BCUT2D eigenvalue weighted by Crippen LogP contribution is 2.42. The quantitative estimate of drug-likeness (QED) is 0.463. The summed E-state index contributed by atoms with van der Waals surface area (Å²) in [5, 5.41) is 11.2. The van der Waals surface area contributed by atoms with Gasteiger partial charge in [0.15, 0.2) is 0 Å². The lowest BCUT2D eigenvalue weighted by molar-refractivity contribution is 0.439. The molecule has 0 spiro atoms. The van der Waals surface area contributed by atoms with Crippen LogP contribution in [-0.4, -0.2) is 41.5 Å². The van der Waals surface area contributed by atoms with Crippen molar-refractivity contribution in [1.82, 2.24) is 24.7 Å². The van der Waals surface area contributed by atoms with Gasteiger partial charge in [0.25, 0.3) is 0 Å². The maximum atomic E-state index is 12.8. The van der Waals surface area contributed by atoms with Crippen LogP contribution >= 0.6 is 15.9 Å². The fourth-order valence-electron chi connectivity index (χ4n) is 3.35. The van der Waals surface area contributed by atoms with E-state index in [1.807, 2.05) is 49.0 Å². The smallest absolute Gasteiger partial charge is 0.242 e. The number of halogens is 1. The summed E-state index contributed by atoms with van der Waals surface area (Å²) in [6.07, 6.45) is 6.95. The van der Waals surface area contributed by atoms with E-state index in [-0.39, 0.29) is 22.4 Å². The first kappa shape index (κ1) is 21.9. The third-order valence-corrected chi connectivity index (χ3v) is 7.63. The van der Waals surface area contributed by atoms with Crippen molar-refractivity contribution in [3.8, 4) is 0 Å². The second-order valence-corrected chi connectivity index (χ2v) is 11.2.